The smallest absolute Gasteiger partial charge is 0.338 e. The largest absolute Gasteiger partial charge is 0.496 e. The van der Waals surface area contributed by atoms with Crippen LogP contribution in [0.25, 0.3) is 17.4 Å². The highest BCUT2D eigenvalue weighted by Gasteiger charge is 2.33. The van der Waals surface area contributed by atoms with Crippen molar-refractivity contribution in [2.45, 2.75) is 39.7 Å². The van der Waals surface area contributed by atoms with Crippen LogP contribution in [0.15, 0.2) is 80.1 Å². The fourth-order valence-corrected chi connectivity index (χ4v) is 5.90. The van der Waals surface area contributed by atoms with Gasteiger partial charge in [0.05, 0.1) is 52.1 Å². The molecular formula is C31H29N3O7S. The highest BCUT2D eigenvalue weighted by atomic mass is 32.1. The van der Waals surface area contributed by atoms with Crippen LogP contribution in [0, 0.1) is 10.1 Å². The summed E-state index contributed by atoms with van der Waals surface area (Å²) in [5.74, 6) is 0.916. The van der Waals surface area contributed by atoms with Crippen molar-refractivity contribution in [1.29, 1.82) is 0 Å². The van der Waals surface area contributed by atoms with Gasteiger partial charge in [-0.25, -0.2) is 9.79 Å². The Balaban J connectivity index is 1.61. The molecule has 2 aromatic carbocycles. The minimum absolute atomic E-state index is 0.102. The van der Waals surface area contributed by atoms with Gasteiger partial charge in [0, 0.05) is 12.1 Å². The number of carbonyl (C=O) groups is 1. The third-order valence-corrected chi connectivity index (χ3v) is 7.98. The number of aromatic nitrogens is 1. The van der Waals surface area contributed by atoms with E-state index in [0.29, 0.717) is 43.6 Å². The Bertz CT molecular complexity index is 1900. The van der Waals surface area contributed by atoms with Gasteiger partial charge in [-0.1, -0.05) is 49.4 Å². The van der Waals surface area contributed by atoms with E-state index in [0.717, 1.165) is 11.1 Å². The number of furan rings is 1. The van der Waals surface area contributed by atoms with Crippen LogP contribution in [0.4, 0.5) is 5.69 Å². The second-order valence-corrected chi connectivity index (χ2v) is 11.0. The summed E-state index contributed by atoms with van der Waals surface area (Å²) in [6, 6.07) is 14.8. The van der Waals surface area contributed by atoms with Crippen LogP contribution in [0.3, 0.4) is 0 Å². The van der Waals surface area contributed by atoms with Crippen LogP contribution in [-0.2, 0) is 9.53 Å². The van der Waals surface area contributed by atoms with E-state index in [2.05, 4.69) is 18.8 Å². The molecule has 42 heavy (non-hydrogen) atoms. The van der Waals surface area contributed by atoms with Gasteiger partial charge in [0.1, 0.15) is 17.3 Å². The number of nitro benzene ring substituents is 1. The molecule has 1 aliphatic heterocycles. The molecule has 0 aliphatic carbocycles. The van der Waals surface area contributed by atoms with Gasteiger partial charge in [-0.2, -0.15) is 0 Å². The summed E-state index contributed by atoms with van der Waals surface area (Å²) >= 11 is 1.19. The predicted octanol–water partition coefficient (Wildman–Crippen LogP) is 5.10. The maximum absolute atomic E-state index is 13.9. The Hall–Kier alpha value is -4.77. The summed E-state index contributed by atoms with van der Waals surface area (Å²) in [4.78, 5) is 42.7. The standard InChI is InChI=1S/C31H29N3O7S/c1-6-40-30(36)27-18(4)32-31-33(28(27)20-9-7-19(8-10-20)17(2)3)29(35)26(42-31)16-22-12-14-24(41-22)23-13-11-21(34(37)38)15-25(23)39-5/h7-17,28H,6H2,1-5H3/b26-16-/t28-/m0/s1. The molecule has 0 N–H and O–H groups in total. The molecule has 216 valence electrons. The number of nitrogens with zero attached hydrogens (tertiary/aromatic N) is 3. The van der Waals surface area contributed by atoms with Gasteiger partial charge in [-0.3, -0.25) is 19.5 Å². The zero-order valence-corrected chi connectivity index (χ0v) is 24.6. The van der Waals surface area contributed by atoms with Crippen LogP contribution in [0.2, 0.25) is 0 Å². The predicted molar refractivity (Wildman–Crippen MR) is 158 cm³/mol. The molecule has 1 aliphatic rings. The van der Waals surface area contributed by atoms with Crippen LogP contribution >= 0.6 is 11.3 Å². The second-order valence-electron chi connectivity index (χ2n) is 9.97. The van der Waals surface area contributed by atoms with E-state index in [-0.39, 0.29) is 23.6 Å². The van der Waals surface area contributed by atoms with Crippen LogP contribution in [-0.4, -0.2) is 29.2 Å². The van der Waals surface area contributed by atoms with Crippen molar-refractivity contribution < 1.29 is 23.6 Å². The molecule has 10 nitrogen and oxygen atoms in total. The van der Waals surface area contributed by atoms with E-state index in [9.17, 15) is 19.7 Å². The van der Waals surface area contributed by atoms with E-state index in [1.165, 1.54) is 35.1 Å². The number of rotatable bonds is 8. The molecule has 0 unspecified atom stereocenters. The summed E-state index contributed by atoms with van der Waals surface area (Å²) in [7, 11) is 1.42. The van der Waals surface area contributed by atoms with E-state index >= 15 is 0 Å². The highest BCUT2D eigenvalue weighted by Crippen LogP contribution is 2.35. The maximum Gasteiger partial charge on any atom is 0.338 e. The SMILES string of the molecule is CCOC(=O)C1=C(C)N=c2s/c(=C\c3ccc(-c4ccc([N+](=O)[O-])cc4OC)o3)c(=O)n2[C@H]1c1ccc(C(C)C)cc1. The number of benzene rings is 2. The van der Waals surface area contributed by atoms with Crippen molar-refractivity contribution in [3.8, 4) is 17.1 Å². The Labute approximate surface area is 245 Å². The van der Waals surface area contributed by atoms with Gasteiger partial charge in [-0.15, -0.1) is 0 Å². The van der Waals surface area contributed by atoms with Crippen molar-refractivity contribution >= 4 is 29.1 Å². The first kappa shape index (κ1) is 28.7. The first-order chi connectivity index (χ1) is 20.1. The van der Waals surface area contributed by atoms with E-state index in [1.54, 1.807) is 38.1 Å². The minimum Gasteiger partial charge on any atom is -0.496 e. The minimum atomic E-state index is -0.708. The number of fused-ring (bicyclic) bond motifs is 1. The van der Waals surface area contributed by atoms with Gasteiger partial charge < -0.3 is 13.9 Å². The van der Waals surface area contributed by atoms with E-state index in [1.807, 2.05) is 24.3 Å². The van der Waals surface area contributed by atoms with Crippen LogP contribution in [0.5, 0.6) is 5.75 Å². The maximum atomic E-state index is 13.9. The molecule has 0 amide bonds. The molecule has 4 aromatic rings. The number of allylic oxidation sites excluding steroid dienone is 1. The topological polar surface area (TPSA) is 126 Å². The van der Waals surface area contributed by atoms with E-state index < -0.39 is 16.9 Å². The summed E-state index contributed by atoms with van der Waals surface area (Å²) in [6.45, 7) is 7.88. The first-order valence-electron chi connectivity index (χ1n) is 13.3. The molecule has 3 heterocycles. The molecule has 11 heteroatoms. The molecule has 0 radical (unpaired) electrons. The molecule has 0 spiro atoms. The summed E-state index contributed by atoms with van der Waals surface area (Å²) in [5, 5.41) is 11.2. The second kappa shape index (κ2) is 11.6. The molecule has 0 fully saturated rings. The number of carbonyl (C=O) groups excluding carboxylic acids is 1. The molecule has 0 saturated heterocycles. The molecule has 0 saturated carbocycles. The van der Waals surface area contributed by atoms with Crippen molar-refractivity contribution in [3.63, 3.8) is 0 Å². The van der Waals surface area contributed by atoms with Gasteiger partial charge in [0.25, 0.3) is 11.2 Å². The zero-order chi connectivity index (χ0) is 30.1. The third kappa shape index (κ3) is 5.30. The fraction of sp³-hybridized carbons (Fsp3) is 0.258. The lowest BCUT2D eigenvalue weighted by molar-refractivity contribution is -0.384. The average molecular weight is 588 g/mol. The van der Waals surface area contributed by atoms with Crippen LogP contribution < -0.4 is 19.6 Å². The lowest BCUT2D eigenvalue weighted by Crippen LogP contribution is -2.39. The Morgan fingerprint density at radius 2 is 1.93 bits per heavy atom. The average Bonchev–Trinajstić information content (AvgIpc) is 3.56. The molecular weight excluding hydrogens is 558 g/mol. The van der Waals surface area contributed by atoms with Gasteiger partial charge in [0.15, 0.2) is 4.80 Å². The van der Waals surface area contributed by atoms with Gasteiger partial charge in [-0.05, 0) is 49.1 Å². The lowest BCUT2D eigenvalue weighted by Gasteiger charge is -2.25. The number of non-ortho nitro benzene ring substituents is 1. The third-order valence-electron chi connectivity index (χ3n) is 7.00. The van der Waals surface area contributed by atoms with Gasteiger partial charge >= 0.3 is 5.97 Å². The molecule has 0 bridgehead atoms. The number of hydrogen-bond donors (Lipinski definition) is 0. The molecule has 5 rings (SSSR count). The number of ether oxygens (including phenoxy) is 2. The number of esters is 1. The highest BCUT2D eigenvalue weighted by molar-refractivity contribution is 7.07. The van der Waals surface area contributed by atoms with Crippen LogP contribution in [0.1, 0.15) is 56.5 Å². The fourth-order valence-electron chi connectivity index (χ4n) is 4.87. The number of hydrogen-bond acceptors (Lipinski definition) is 9. The van der Waals surface area contributed by atoms with Crippen molar-refractivity contribution in [2.24, 2.45) is 4.99 Å². The lowest BCUT2D eigenvalue weighted by atomic mass is 9.93. The summed E-state index contributed by atoms with van der Waals surface area (Å²) < 4.78 is 18.6. The van der Waals surface area contributed by atoms with E-state index in [4.69, 9.17) is 13.9 Å². The monoisotopic (exact) mass is 587 g/mol. The Morgan fingerprint density at radius 3 is 2.57 bits per heavy atom. The number of methoxy groups -OCH3 is 1. The summed E-state index contributed by atoms with van der Waals surface area (Å²) in [5.41, 5.74) is 2.83. The zero-order valence-electron chi connectivity index (χ0n) is 23.7. The van der Waals surface area contributed by atoms with Crippen molar-refractivity contribution in [2.75, 3.05) is 13.7 Å². The quantitative estimate of drug-likeness (QED) is 0.160. The van der Waals surface area contributed by atoms with Crippen molar-refractivity contribution in [1.82, 2.24) is 4.57 Å². The van der Waals surface area contributed by atoms with Crippen molar-refractivity contribution in [3.05, 3.63) is 113 Å². The normalized spacial score (nSPS) is 15.0. The van der Waals surface area contributed by atoms with Gasteiger partial charge in [0.2, 0.25) is 0 Å². The molecule has 1 atom stereocenters. The Morgan fingerprint density at radius 1 is 1.19 bits per heavy atom. The number of thiazole rings is 1. The molecule has 2 aromatic heterocycles. The summed E-state index contributed by atoms with van der Waals surface area (Å²) in [6.07, 6.45) is 1.62. The number of nitro groups is 1. The Kier molecular flexibility index (Phi) is 7.95. The first-order valence-corrected chi connectivity index (χ1v) is 14.2.